The van der Waals surface area contributed by atoms with Crippen molar-refractivity contribution in [1.29, 1.82) is 0 Å². The van der Waals surface area contributed by atoms with Crippen LogP contribution in [0.1, 0.15) is 10.4 Å². The molecule has 1 aromatic heterocycles. The zero-order valence-corrected chi connectivity index (χ0v) is 11.5. The summed E-state index contributed by atoms with van der Waals surface area (Å²) >= 11 is 0. The zero-order valence-electron chi connectivity index (χ0n) is 11.5. The molecule has 0 saturated carbocycles. The van der Waals surface area contributed by atoms with Crippen LogP contribution >= 0.6 is 0 Å². The van der Waals surface area contributed by atoms with E-state index in [1.807, 2.05) is 10.6 Å². The van der Waals surface area contributed by atoms with Gasteiger partial charge in [0.2, 0.25) is 0 Å². The van der Waals surface area contributed by atoms with Crippen molar-refractivity contribution in [2.24, 2.45) is 0 Å². The SMILES string of the molecule is COc1ccccc1C(=O)Cn1ccc2cc(F)ccc21. The molecule has 106 valence electrons. The number of hydrogen-bond donors (Lipinski definition) is 0. The summed E-state index contributed by atoms with van der Waals surface area (Å²) in [5.41, 5.74) is 1.38. The Morgan fingerprint density at radius 1 is 1.19 bits per heavy atom. The predicted octanol–water partition coefficient (Wildman–Crippen LogP) is 3.67. The summed E-state index contributed by atoms with van der Waals surface area (Å²) in [5, 5.41) is 0.780. The van der Waals surface area contributed by atoms with Crippen LogP contribution in [0.5, 0.6) is 5.75 Å². The molecule has 0 spiro atoms. The lowest BCUT2D eigenvalue weighted by Crippen LogP contribution is -2.10. The number of Topliss-reactive ketones (excluding diaryl/α,β-unsaturated/α-hetero) is 1. The molecule has 3 aromatic rings. The first-order chi connectivity index (χ1) is 10.2. The highest BCUT2D eigenvalue weighted by molar-refractivity contribution is 5.99. The van der Waals surface area contributed by atoms with Crippen LogP contribution in [0.15, 0.2) is 54.7 Å². The maximum Gasteiger partial charge on any atom is 0.186 e. The van der Waals surface area contributed by atoms with Gasteiger partial charge in [-0.05, 0) is 36.4 Å². The topological polar surface area (TPSA) is 31.2 Å². The number of rotatable bonds is 4. The van der Waals surface area contributed by atoms with Gasteiger partial charge in [0.25, 0.3) is 0 Å². The molecule has 0 saturated heterocycles. The Morgan fingerprint density at radius 2 is 2.00 bits per heavy atom. The van der Waals surface area contributed by atoms with E-state index in [9.17, 15) is 9.18 Å². The second kappa shape index (κ2) is 5.40. The minimum atomic E-state index is -0.281. The van der Waals surface area contributed by atoms with Crippen LogP contribution in [0, 0.1) is 5.82 Å². The first-order valence-corrected chi connectivity index (χ1v) is 6.59. The standard InChI is InChI=1S/C17H14FNO2/c1-21-17-5-3-2-4-14(17)16(20)11-19-9-8-12-10-13(18)6-7-15(12)19/h2-10H,11H2,1H3. The molecule has 0 amide bonds. The van der Waals surface area contributed by atoms with E-state index in [2.05, 4.69) is 0 Å². The number of aromatic nitrogens is 1. The van der Waals surface area contributed by atoms with Crippen molar-refractivity contribution in [3.63, 3.8) is 0 Å². The Bertz CT molecular complexity index is 807. The van der Waals surface area contributed by atoms with Gasteiger partial charge in [0.1, 0.15) is 11.6 Å². The van der Waals surface area contributed by atoms with Crippen molar-refractivity contribution in [3.05, 3.63) is 66.1 Å². The van der Waals surface area contributed by atoms with Gasteiger partial charge in [-0.1, -0.05) is 12.1 Å². The number of carbonyl (C=O) groups excluding carboxylic acids is 1. The fourth-order valence-corrected chi connectivity index (χ4v) is 2.42. The molecule has 3 nitrogen and oxygen atoms in total. The van der Waals surface area contributed by atoms with Crippen molar-refractivity contribution >= 4 is 16.7 Å². The van der Waals surface area contributed by atoms with Gasteiger partial charge < -0.3 is 9.30 Å². The molecule has 0 atom stereocenters. The van der Waals surface area contributed by atoms with Gasteiger partial charge in [0, 0.05) is 17.1 Å². The summed E-state index contributed by atoms with van der Waals surface area (Å²) in [6.07, 6.45) is 1.79. The van der Waals surface area contributed by atoms with E-state index in [4.69, 9.17) is 4.74 Å². The first kappa shape index (κ1) is 13.4. The van der Waals surface area contributed by atoms with E-state index in [0.717, 1.165) is 10.9 Å². The summed E-state index contributed by atoms with van der Waals surface area (Å²) in [4.78, 5) is 12.4. The number of ketones is 1. The van der Waals surface area contributed by atoms with Crippen molar-refractivity contribution in [1.82, 2.24) is 4.57 Å². The lowest BCUT2D eigenvalue weighted by molar-refractivity contribution is 0.0970. The summed E-state index contributed by atoms with van der Waals surface area (Å²) in [5.74, 6) is 0.232. The number of para-hydroxylation sites is 1. The number of hydrogen-bond acceptors (Lipinski definition) is 2. The Hall–Kier alpha value is -2.62. The van der Waals surface area contributed by atoms with Gasteiger partial charge in [0.15, 0.2) is 5.78 Å². The van der Waals surface area contributed by atoms with Gasteiger partial charge in [0.05, 0.1) is 19.2 Å². The highest BCUT2D eigenvalue weighted by atomic mass is 19.1. The van der Waals surface area contributed by atoms with Crippen molar-refractivity contribution in [2.75, 3.05) is 7.11 Å². The van der Waals surface area contributed by atoms with E-state index in [0.29, 0.717) is 11.3 Å². The lowest BCUT2D eigenvalue weighted by atomic mass is 10.1. The number of carbonyl (C=O) groups is 1. The van der Waals surface area contributed by atoms with Gasteiger partial charge in [-0.2, -0.15) is 0 Å². The maximum atomic E-state index is 13.2. The number of nitrogens with zero attached hydrogens (tertiary/aromatic N) is 1. The maximum absolute atomic E-state index is 13.2. The molecular formula is C17H14FNO2. The summed E-state index contributed by atoms with van der Waals surface area (Å²) in [6, 6.07) is 13.5. The Morgan fingerprint density at radius 3 is 2.81 bits per heavy atom. The minimum absolute atomic E-state index is 0.0470. The molecule has 1 heterocycles. The summed E-state index contributed by atoms with van der Waals surface area (Å²) < 4.78 is 20.2. The minimum Gasteiger partial charge on any atom is -0.496 e. The molecule has 0 bridgehead atoms. The quantitative estimate of drug-likeness (QED) is 0.684. The van der Waals surface area contributed by atoms with Crippen LogP contribution in [0.25, 0.3) is 10.9 Å². The van der Waals surface area contributed by atoms with E-state index in [-0.39, 0.29) is 18.1 Å². The first-order valence-electron chi connectivity index (χ1n) is 6.59. The number of fused-ring (bicyclic) bond motifs is 1. The largest absolute Gasteiger partial charge is 0.496 e. The van der Waals surface area contributed by atoms with Crippen LogP contribution in [0.3, 0.4) is 0 Å². The van der Waals surface area contributed by atoms with Gasteiger partial charge >= 0.3 is 0 Å². The molecule has 0 N–H and O–H groups in total. The van der Waals surface area contributed by atoms with Crippen LogP contribution in [-0.2, 0) is 6.54 Å². The normalized spacial score (nSPS) is 10.8. The second-order valence-corrected chi connectivity index (χ2v) is 4.77. The van der Waals surface area contributed by atoms with Crippen LogP contribution < -0.4 is 4.74 Å². The Labute approximate surface area is 121 Å². The molecule has 0 radical (unpaired) electrons. The molecule has 0 aliphatic heterocycles. The lowest BCUT2D eigenvalue weighted by Gasteiger charge is -2.08. The molecule has 0 aliphatic rings. The third-order valence-corrected chi connectivity index (χ3v) is 3.45. The van der Waals surface area contributed by atoms with Crippen LogP contribution in [0.4, 0.5) is 4.39 Å². The van der Waals surface area contributed by atoms with E-state index in [1.54, 1.807) is 43.6 Å². The molecule has 0 fully saturated rings. The van der Waals surface area contributed by atoms with Gasteiger partial charge in [-0.15, -0.1) is 0 Å². The molecule has 4 heteroatoms. The smallest absolute Gasteiger partial charge is 0.186 e. The van der Waals surface area contributed by atoms with Crippen LogP contribution in [-0.4, -0.2) is 17.5 Å². The van der Waals surface area contributed by atoms with E-state index >= 15 is 0 Å². The second-order valence-electron chi connectivity index (χ2n) is 4.77. The Kier molecular flexibility index (Phi) is 3.44. The van der Waals surface area contributed by atoms with Crippen molar-refractivity contribution in [2.45, 2.75) is 6.54 Å². The summed E-state index contributed by atoms with van der Waals surface area (Å²) in [6.45, 7) is 0.190. The molecule has 0 aliphatic carbocycles. The number of halogens is 1. The van der Waals surface area contributed by atoms with E-state index in [1.165, 1.54) is 12.1 Å². The zero-order chi connectivity index (χ0) is 14.8. The Balaban J connectivity index is 1.93. The number of ether oxygens (including phenoxy) is 1. The molecule has 2 aromatic carbocycles. The average molecular weight is 283 g/mol. The molecular weight excluding hydrogens is 269 g/mol. The third kappa shape index (κ3) is 2.52. The van der Waals surface area contributed by atoms with Crippen LogP contribution in [0.2, 0.25) is 0 Å². The monoisotopic (exact) mass is 283 g/mol. The number of methoxy groups -OCH3 is 1. The fraction of sp³-hybridized carbons (Fsp3) is 0.118. The van der Waals surface area contributed by atoms with Gasteiger partial charge in [-0.25, -0.2) is 4.39 Å². The molecule has 3 rings (SSSR count). The highest BCUT2D eigenvalue weighted by Crippen LogP contribution is 2.21. The number of benzene rings is 2. The van der Waals surface area contributed by atoms with Crippen molar-refractivity contribution < 1.29 is 13.9 Å². The average Bonchev–Trinajstić information content (AvgIpc) is 2.89. The third-order valence-electron chi connectivity index (χ3n) is 3.45. The summed E-state index contributed by atoms with van der Waals surface area (Å²) in [7, 11) is 1.54. The van der Waals surface area contributed by atoms with Gasteiger partial charge in [-0.3, -0.25) is 4.79 Å². The highest BCUT2D eigenvalue weighted by Gasteiger charge is 2.13. The van der Waals surface area contributed by atoms with Crippen molar-refractivity contribution in [3.8, 4) is 5.75 Å². The predicted molar refractivity (Wildman–Crippen MR) is 79.2 cm³/mol. The fourth-order valence-electron chi connectivity index (χ4n) is 2.42. The van der Waals surface area contributed by atoms with E-state index < -0.39 is 0 Å². The molecule has 0 unspecified atom stereocenters. The molecule has 21 heavy (non-hydrogen) atoms.